The molecule has 0 aliphatic carbocycles. The van der Waals surface area contributed by atoms with Gasteiger partial charge >= 0.3 is 5.97 Å². The fourth-order valence-electron chi connectivity index (χ4n) is 3.43. The molecule has 3 nitrogen and oxygen atoms in total. The van der Waals surface area contributed by atoms with Gasteiger partial charge in [0.15, 0.2) is 0 Å². The smallest absolute Gasteiger partial charge is 0.309 e. The Balaban J connectivity index is 2.00. The van der Waals surface area contributed by atoms with Crippen LogP contribution in [0.5, 0.6) is 0 Å². The fourth-order valence-corrected chi connectivity index (χ4v) is 3.43. The summed E-state index contributed by atoms with van der Waals surface area (Å²) in [5.74, 6) is 0.656. The van der Waals surface area contributed by atoms with Crippen molar-refractivity contribution in [2.75, 3.05) is 7.11 Å². The van der Waals surface area contributed by atoms with E-state index in [2.05, 4.69) is 19.1 Å². The van der Waals surface area contributed by atoms with E-state index in [-0.39, 0.29) is 11.9 Å². The number of methoxy groups -OCH3 is 1. The van der Waals surface area contributed by atoms with Crippen molar-refractivity contribution < 1.29 is 13.9 Å². The Hall–Kier alpha value is -1.51. The van der Waals surface area contributed by atoms with Gasteiger partial charge in [-0.2, -0.15) is 0 Å². The van der Waals surface area contributed by atoms with Gasteiger partial charge in [-0.05, 0) is 44.2 Å². The summed E-state index contributed by atoms with van der Waals surface area (Å²) in [4.78, 5) is 11.9. The summed E-state index contributed by atoms with van der Waals surface area (Å²) in [6, 6.07) is 3.79. The number of carbonyl (C=O) groups excluding carboxylic acids is 1. The van der Waals surface area contributed by atoms with E-state index in [9.17, 15) is 4.79 Å². The Morgan fingerprint density at radius 2 is 1.63 bits per heavy atom. The number of carbonyl (C=O) groups is 1. The monoisotopic (exact) mass is 376 g/mol. The van der Waals surface area contributed by atoms with Crippen LogP contribution in [0.3, 0.4) is 0 Å². The molecule has 0 radical (unpaired) electrons. The van der Waals surface area contributed by atoms with Crippen LogP contribution in [0.25, 0.3) is 0 Å². The van der Waals surface area contributed by atoms with Crippen LogP contribution in [0.2, 0.25) is 0 Å². The van der Waals surface area contributed by atoms with E-state index in [0.717, 1.165) is 18.6 Å². The van der Waals surface area contributed by atoms with Crippen molar-refractivity contribution in [3.8, 4) is 0 Å². The zero-order valence-corrected chi connectivity index (χ0v) is 17.6. The van der Waals surface area contributed by atoms with E-state index in [4.69, 9.17) is 9.15 Å². The van der Waals surface area contributed by atoms with Crippen molar-refractivity contribution in [2.24, 2.45) is 5.92 Å². The van der Waals surface area contributed by atoms with Crippen LogP contribution in [0.1, 0.15) is 96.2 Å². The Labute approximate surface area is 166 Å². The summed E-state index contributed by atoms with van der Waals surface area (Å²) in [7, 11) is 1.47. The molecule has 1 heterocycles. The van der Waals surface area contributed by atoms with Gasteiger partial charge in [-0.3, -0.25) is 4.79 Å². The van der Waals surface area contributed by atoms with Gasteiger partial charge in [0.1, 0.15) is 5.76 Å². The predicted octanol–water partition coefficient (Wildman–Crippen LogP) is 7.26. The van der Waals surface area contributed by atoms with Crippen molar-refractivity contribution in [3.63, 3.8) is 0 Å². The Morgan fingerprint density at radius 3 is 2.22 bits per heavy atom. The van der Waals surface area contributed by atoms with E-state index in [1.54, 1.807) is 6.26 Å². The summed E-state index contributed by atoms with van der Waals surface area (Å²) >= 11 is 0. The molecule has 0 aromatic carbocycles. The molecule has 154 valence electrons. The largest absolute Gasteiger partial charge is 0.469 e. The third kappa shape index (κ3) is 12.5. The van der Waals surface area contributed by atoms with E-state index in [1.165, 1.54) is 77.7 Å². The second-order valence-electron chi connectivity index (χ2n) is 7.52. The Kier molecular flexibility index (Phi) is 14.5. The van der Waals surface area contributed by atoms with Gasteiger partial charge in [0.05, 0.1) is 19.3 Å². The van der Waals surface area contributed by atoms with Gasteiger partial charge < -0.3 is 9.15 Å². The van der Waals surface area contributed by atoms with Crippen LogP contribution in [0.15, 0.2) is 35.0 Å². The minimum atomic E-state index is -0.121. The van der Waals surface area contributed by atoms with Gasteiger partial charge in [0.25, 0.3) is 0 Å². The molecule has 0 amide bonds. The third-order valence-electron chi connectivity index (χ3n) is 5.13. The van der Waals surface area contributed by atoms with Crippen molar-refractivity contribution in [1.29, 1.82) is 0 Å². The second kappa shape index (κ2) is 16.6. The van der Waals surface area contributed by atoms with Crippen molar-refractivity contribution in [2.45, 2.75) is 96.8 Å². The molecular weight excluding hydrogens is 336 g/mol. The number of unbranched alkanes of at least 4 members (excludes halogenated alkanes) is 10. The molecule has 0 aliphatic rings. The van der Waals surface area contributed by atoms with E-state index < -0.39 is 0 Å². The van der Waals surface area contributed by atoms with Gasteiger partial charge in [-0.25, -0.2) is 0 Å². The van der Waals surface area contributed by atoms with Gasteiger partial charge in [-0.15, -0.1) is 0 Å². The van der Waals surface area contributed by atoms with Crippen LogP contribution in [-0.4, -0.2) is 13.1 Å². The summed E-state index contributed by atoms with van der Waals surface area (Å²) in [6.07, 6.45) is 23.3. The lowest BCUT2D eigenvalue weighted by atomic mass is 9.96. The molecular formula is C24H40O3. The molecule has 1 atom stereocenters. The molecule has 0 N–H and O–H groups in total. The molecule has 0 bridgehead atoms. The number of allylic oxidation sites excluding steroid dienone is 2. The molecule has 1 unspecified atom stereocenters. The Bertz CT molecular complexity index is 476. The number of furan rings is 1. The molecule has 27 heavy (non-hydrogen) atoms. The van der Waals surface area contributed by atoms with Crippen LogP contribution < -0.4 is 0 Å². The van der Waals surface area contributed by atoms with Crippen LogP contribution in [0.4, 0.5) is 0 Å². The van der Waals surface area contributed by atoms with Crippen LogP contribution in [-0.2, 0) is 16.0 Å². The number of rotatable bonds is 17. The molecule has 0 spiro atoms. The second-order valence-corrected chi connectivity index (χ2v) is 7.52. The highest BCUT2D eigenvalue weighted by atomic mass is 16.5. The molecule has 1 rings (SSSR count). The van der Waals surface area contributed by atoms with Crippen molar-refractivity contribution in [3.05, 3.63) is 36.3 Å². The molecule has 0 aliphatic heterocycles. The van der Waals surface area contributed by atoms with Gasteiger partial charge in [0, 0.05) is 6.42 Å². The predicted molar refractivity (Wildman–Crippen MR) is 113 cm³/mol. The zero-order chi connectivity index (χ0) is 19.6. The average Bonchev–Trinajstić information content (AvgIpc) is 3.19. The lowest BCUT2D eigenvalue weighted by Gasteiger charge is -2.13. The van der Waals surface area contributed by atoms with E-state index in [1.807, 2.05) is 12.1 Å². The topological polar surface area (TPSA) is 39.4 Å². The third-order valence-corrected chi connectivity index (χ3v) is 5.13. The summed E-state index contributed by atoms with van der Waals surface area (Å²) in [6.45, 7) is 2.27. The molecule has 1 aromatic heterocycles. The highest BCUT2D eigenvalue weighted by Crippen LogP contribution is 2.18. The molecule has 1 aromatic rings. The standard InChI is InChI=1S/C24H40O3/c1-3-4-5-6-7-8-9-10-11-12-13-14-15-16-18-22(24(25)26-2)21-23-19-17-20-27-23/h10-11,17,19-20,22H,3-9,12-16,18,21H2,1-2H3/b11-10-. The normalized spacial score (nSPS) is 12.5. The van der Waals surface area contributed by atoms with E-state index >= 15 is 0 Å². The maximum Gasteiger partial charge on any atom is 0.309 e. The number of esters is 1. The first-order chi connectivity index (χ1) is 13.3. The molecule has 0 fully saturated rings. The summed E-state index contributed by atoms with van der Waals surface area (Å²) in [5.41, 5.74) is 0. The SMILES string of the molecule is CCCCCCCC/C=C\CCCCCCC(Cc1ccco1)C(=O)OC. The summed E-state index contributed by atoms with van der Waals surface area (Å²) < 4.78 is 10.3. The number of hydrogen-bond acceptors (Lipinski definition) is 3. The fraction of sp³-hybridized carbons (Fsp3) is 0.708. The minimum Gasteiger partial charge on any atom is -0.469 e. The lowest BCUT2D eigenvalue weighted by Crippen LogP contribution is -2.18. The van der Waals surface area contributed by atoms with Gasteiger partial charge in [-0.1, -0.05) is 70.4 Å². The molecule has 0 saturated heterocycles. The van der Waals surface area contributed by atoms with Crippen molar-refractivity contribution >= 4 is 5.97 Å². The summed E-state index contributed by atoms with van der Waals surface area (Å²) in [5, 5.41) is 0. The highest BCUT2D eigenvalue weighted by Gasteiger charge is 2.20. The zero-order valence-electron chi connectivity index (χ0n) is 17.6. The highest BCUT2D eigenvalue weighted by molar-refractivity contribution is 5.72. The number of ether oxygens (including phenoxy) is 1. The molecule has 0 saturated carbocycles. The van der Waals surface area contributed by atoms with Crippen molar-refractivity contribution in [1.82, 2.24) is 0 Å². The maximum atomic E-state index is 11.9. The van der Waals surface area contributed by atoms with E-state index in [0.29, 0.717) is 6.42 Å². The average molecular weight is 377 g/mol. The first kappa shape index (κ1) is 23.5. The van der Waals surface area contributed by atoms with Gasteiger partial charge in [0.2, 0.25) is 0 Å². The first-order valence-corrected chi connectivity index (χ1v) is 11.0. The quantitative estimate of drug-likeness (QED) is 0.163. The first-order valence-electron chi connectivity index (χ1n) is 11.0. The Morgan fingerprint density at radius 1 is 1.00 bits per heavy atom. The van der Waals surface area contributed by atoms with Crippen LogP contribution >= 0.6 is 0 Å². The minimum absolute atomic E-state index is 0.0848. The lowest BCUT2D eigenvalue weighted by molar-refractivity contribution is -0.145. The molecule has 3 heteroatoms. The number of hydrogen-bond donors (Lipinski definition) is 0. The maximum absolute atomic E-state index is 11.9. The van der Waals surface area contributed by atoms with Crippen LogP contribution in [0, 0.1) is 5.92 Å².